The fourth-order valence-corrected chi connectivity index (χ4v) is 3.19. The van der Waals surface area contributed by atoms with Gasteiger partial charge in [0.15, 0.2) is 0 Å². The van der Waals surface area contributed by atoms with Crippen LogP contribution in [0.4, 0.5) is 11.4 Å². The first-order chi connectivity index (χ1) is 13.2. The number of carbonyl (C=O) groups is 2. The van der Waals surface area contributed by atoms with Crippen LogP contribution in [0.15, 0.2) is 60.0 Å². The van der Waals surface area contributed by atoms with Crippen LogP contribution >= 0.6 is 0 Å². The average Bonchev–Trinajstić information content (AvgIpc) is 2.96. The number of methoxy groups -OCH3 is 2. The summed E-state index contributed by atoms with van der Waals surface area (Å²) in [6.07, 6.45) is 6.78. The van der Waals surface area contributed by atoms with E-state index in [0.29, 0.717) is 0 Å². The minimum absolute atomic E-state index is 0.122. The molecule has 0 aliphatic carbocycles. The Kier molecular flexibility index (Phi) is 5.93. The van der Waals surface area contributed by atoms with Crippen molar-refractivity contribution in [1.82, 2.24) is 5.32 Å². The zero-order valence-electron chi connectivity index (χ0n) is 15.5. The van der Waals surface area contributed by atoms with Crippen LogP contribution in [-0.2, 0) is 19.1 Å². The van der Waals surface area contributed by atoms with Gasteiger partial charge in [-0.3, -0.25) is 0 Å². The molecule has 0 aromatic heterocycles. The van der Waals surface area contributed by atoms with Gasteiger partial charge in [0.2, 0.25) is 0 Å². The highest BCUT2D eigenvalue weighted by atomic mass is 16.5. The van der Waals surface area contributed by atoms with Gasteiger partial charge in [0.05, 0.1) is 31.2 Å². The zero-order chi connectivity index (χ0) is 19.2. The van der Waals surface area contributed by atoms with Gasteiger partial charge < -0.3 is 24.6 Å². The van der Waals surface area contributed by atoms with E-state index in [0.717, 1.165) is 37.6 Å². The lowest BCUT2D eigenvalue weighted by Crippen LogP contribution is -2.44. The number of esters is 2. The van der Waals surface area contributed by atoms with Gasteiger partial charge in [-0.25, -0.2) is 9.59 Å². The third-order valence-corrected chi connectivity index (χ3v) is 4.49. The number of benzene rings is 1. The molecule has 0 radical (unpaired) electrons. The van der Waals surface area contributed by atoms with E-state index in [1.54, 1.807) is 29.3 Å². The molecule has 0 spiro atoms. The van der Waals surface area contributed by atoms with Crippen LogP contribution in [0, 0.1) is 0 Å². The van der Waals surface area contributed by atoms with Crippen LogP contribution in [0.25, 0.3) is 0 Å². The van der Waals surface area contributed by atoms with Crippen molar-refractivity contribution in [3.63, 3.8) is 0 Å². The number of hydrogen-bond donors (Lipinski definition) is 1. The van der Waals surface area contributed by atoms with Crippen molar-refractivity contribution in [2.24, 2.45) is 0 Å². The van der Waals surface area contributed by atoms with Gasteiger partial charge in [-0.05, 0) is 24.3 Å². The summed E-state index contributed by atoms with van der Waals surface area (Å²) >= 11 is 0. The largest absolute Gasteiger partial charge is 0.465 e. The highest BCUT2D eigenvalue weighted by molar-refractivity contribution is 6.06. The number of anilines is 2. The number of allylic oxidation sites excluding steroid dienone is 2. The maximum atomic E-state index is 12.6. The van der Waals surface area contributed by atoms with E-state index in [4.69, 9.17) is 9.47 Å². The number of ether oxygens (including phenoxy) is 2. The summed E-state index contributed by atoms with van der Waals surface area (Å²) in [5, 5.41) is 3.34. The van der Waals surface area contributed by atoms with Crippen LogP contribution in [0.1, 0.15) is 0 Å². The van der Waals surface area contributed by atoms with E-state index < -0.39 is 11.9 Å². The van der Waals surface area contributed by atoms with Gasteiger partial charge in [-0.1, -0.05) is 18.2 Å². The van der Waals surface area contributed by atoms with E-state index in [1.807, 2.05) is 24.3 Å². The van der Waals surface area contributed by atoms with Gasteiger partial charge >= 0.3 is 11.9 Å². The number of nitrogens with zero attached hydrogens (tertiary/aromatic N) is 2. The van der Waals surface area contributed by atoms with Crippen LogP contribution in [-0.4, -0.2) is 52.3 Å². The predicted octanol–water partition coefficient (Wildman–Crippen LogP) is 1.59. The van der Waals surface area contributed by atoms with E-state index in [1.165, 1.54) is 14.2 Å². The highest BCUT2D eigenvalue weighted by Crippen LogP contribution is 2.34. The van der Waals surface area contributed by atoms with E-state index >= 15 is 0 Å². The first-order valence-corrected chi connectivity index (χ1v) is 8.77. The topological polar surface area (TPSA) is 71.1 Å². The smallest absolute Gasteiger partial charge is 0.355 e. The van der Waals surface area contributed by atoms with Crippen molar-refractivity contribution in [3.8, 4) is 0 Å². The Morgan fingerprint density at radius 1 is 0.963 bits per heavy atom. The van der Waals surface area contributed by atoms with Crippen molar-refractivity contribution in [2.45, 2.75) is 0 Å². The molecule has 1 N–H and O–H groups in total. The monoisotopic (exact) mass is 369 g/mol. The second kappa shape index (κ2) is 8.55. The van der Waals surface area contributed by atoms with Gasteiger partial charge in [-0.2, -0.15) is 0 Å². The Balaban J connectivity index is 2.14. The van der Waals surface area contributed by atoms with Crippen molar-refractivity contribution in [1.29, 1.82) is 0 Å². The summed E-state index contributed by atoms with van der Waals surface area (Å²) in [4.78, 5) is 28.8. The standard InChI is InChI=1S/C20H23N3O4/c1-26-19(24)15-7-5-6-12-23(18(15)20(25)27-2)17-9-4-3-8-16(17)22-13-10-21-11-14-22/h3-9,12,21H,10-11,13-14H2,1-2H3. The Morgan fingerprint density at radius 2 is 1.63 bits per heavy atom. The maximum Gasteiger partial charge on any atom is 0.355 e. The number of piperazine rings is 1. The average molecular weight is 369 g/mol. The molecule has 1 aromatic carbocycles. The number of hydrogen-bond acceptors (Lipinski definition) is 7. The fraction of sp³-hybridized carbons (Fsp3) is 0.300. The molecule has 0 saturated carbocycles. The Labute approximate surface area is 158 Å². The van der Waals surface area contributed by atoms with Gasteiger partial charge in [0.1, 0.15) is 5.70 Å². The number of para-hydroxylation sites is 2. The molecule has 142 valence electrons. The molecular weight excluding hydrogens is 346 g/mol. The summed E-state index contributed by atoms with van der Waals surface area (Å²) < 4.78 is 9.84. The van der Waals surface area contributed by atoms with Gasteiger partial charge in [0.25, 0.3) is 0 Å². The van der Waals surface area contributed by atoms with Crippen LogP contribution < -0.4 is 15.1 Å². The summed E-state index contributed by atoms with van der Waals surface area (Å²) in [6, 6.07) is 7.80. The lowest BCUT2D eigenvalue weighted by atomic mass is 10.1. The molecule has 7 nitrogen and oxygen atoms in total. The Hall–Kier alpha value is -3.06. The molecule has 2 aliphatic rings. The number of nitrogens with one attached hydrogen (secondary N) is 1. The van der Waals surface area contributed by atoms with Gasteiger partial charge in [0, 0.05) is 32.4 Å². The van der Waals surface area contributed by atoms with Crippen molar-refractivity contribution < 1.29 is 19.1 Å². The molecule has 1 saturated heterocycles. The maximum absolute atomic E-state index is 12.6. The van der Waals surface area contributed by atoms with Crippen molar-refractivity contribution >= 4 is 23.3 Å². The highest BCUT2D eigenvalue weighted by Gasteiger charge is 2.29. The molecule has 2 heterocycles. The molecule has 27 heavy (non-hydrogen) atoms. The first-order valence-electron chi connectivity index (χ1n) is 8.77. The van der Waals surface area contributed by atoms with Crippen molar-refractivity contribution in [2.75, 3.05) is 50.2 Å². The summed E-state index contributed by atoms with van der Waals surface area (Å²) in [5.41, 5.74) is 2.04. The molecule has 3 rings (SSSR count). The predicted molar refractivity (Wildman–Crippen MR) is 103 cm³/mol. The Morgan fingerprint density at radius 3 is 2.30 bits per heavy atom. The summed E-state index contributed by atoms with van der Waals surface area (Å²) in [7, 11) is 2.58. The zero-order valence-corrected chi connectivity index (χ0v) is 15.5. The third kappa shape index (κ3) is 3.88. The van der Waals surface area contributed by atoms with Crippen molar-refractivity contribution in [3.05, 3.63) is 60.0 Å². The molecule has 0 unspecified atom stereocenters. The summed E-state index contributed by atoms with van der Waals surface area (Å²) in [6.45, 7) is 3.49. The lowest BCUT2D eigenvalue weighted by molar-refractivity contribution is -0.139. The molecule has 0 bridgehead atoms. The normalized spacial score (nSPS) is 17.0. The molecular formula is C20H23N3O4. The molecule has 1 fully saturated rings. The SMILES string of the molecule is COC(=O)C1=C(C(=O)OC)N(c2ccccc2N2CCNCC2)C=CC=C1. The second-order valence-electron chi connectivity index (χ2n) is 6.04. The van der Waals surface area contributed by atoms with E-state index in [-0.39, 0.29) is 11.3 Å². The minimum Gasteiger partial charge on any atom is -0.465 e. The minimum atomic E-state index is -0.610. The number of rotatable bonds is 4. The molecule has 0 atom stereocenters. The van der Waals surface area contributed by atoms with Crippen LogP contribution in [0.2, 0.25) is 0 Å². The molecule has 7 heteroatoms. The fourth-order valence-electron chi connectivity index (χ4n) is 3.19. The Bertz CT molecular complexity index is 807. The van der Waals surface area contributed by atoms with E-state index in [9.17, 15) is 9.59 Å². The summed E-state index contributed by atoms with van der Waals surface area (Å²) in [5.74, 6) is -1.21. The quantitative estimate of drug-likeness (QED) is 0.808. The molecule has 1 aromatic rings. The van der Waals surface area contributed by atoms with Crippen LogP contribution in [0.5, 0.6) is 0 Å². The third-order valence-electron chi connectivity index (χ3n) is 4.49. The lowest BCUT2D eigenvalue weighted by Gasteiger charge is -2.34. The molecule has 0 amide bonds. The molecule has 2 aliphatic heterocycles. The number of carbonyl (C=O) groups excluding carboxylic acids is 2. The first kappa shape index (κ1) is 18.7. The second-order valence-corrected chi connectivity index (χ2v) is 6.04. The van der Waals surface area contributed by atoms with E-state index in [2.05, 4.69) is 10.2 Å². The van der Waals surface area contributed by atoms with Gasteiger partial charge in [-0.15, -0.1) is 0 Å². The van der Waals surface area contributed by atoms with Crippen LogP contribution in [0.3, 0.4) is 0 Å².